The minimum Gasteiger partial charge on any atom is -0.481 e. The van der Waals surface area contributed by atoms with Crippen LogP contribution in [0.25, 0.3) is 11.0 Å². The molecule has 1 heterocycles. The van der Waals surface area contributed by atoms with Gasteiger partial charge in [0.05, 0.1) is 7.11 Å². The van der Waals surface area contributed by atoms with Gasteiger partial charge >= 0.3 is 11.6 Å². The Kier molecular flexibility index (Phi) is 7.29. The smallest absolute Gasteiger partial charge is 0.336 e. The van der Waals surface area contributed by atoms with Gasteiger partial charge in [-0.3, -0.25) is 4.79 Å². The minimum atomic E-state index is -0.847. The number of hydrogen-bond acceptors (Lipinski definition) is 7. The van der Waals surface area contributed by atoms with E-state index in [1.54, 1.807) is 36.9 Å². The number of carbonyl (C=O) groups is 2. The van der Waals surface area contributed by atoms with Crippen LogP contribution in [0.1, 0.15) is 18.9 Å². The number of methoxy groups -OCH3 is 1. The summed E-state index contributed by atoms with van der Waals surface area (Å²) in [5.74, 6) is 0.167. The third-order valence-electron chi connectivity index (χ3n) is 4.02. The standard InChI is InChI=1S/C19H23NO6S/c1-11-9-17(21)26-16-10-13(5-6-14(11)16)25-12(2)18(22)20-15(7-8-27-4)19(23)24-3/h5-6,9-10,12,15H,7-8H2,1-4H3,(H,20,22). The van der Waals surface area contributed by atoms with Crippen molar-refractivity contribution in [1.29, 1.82) is 0 Å². The summed E-state index contributed by atoms with van der Waals surface area (Å²) in [6.45, 7) is 3.40. The van der Waals surface area contributed by atoms with E-state index in [0.29, 0.717) is 23.5 Å². The van der Waals surface area contributed by atoms with E-state index in [2.05, 4.69) is 5.32 Å². The lowest BCUT2D eigenvalue weighted by Gasteiger charge is -2.20. The molecule has 2 unspecified atom stereocenters. The molecule has 2 rings (SSSR count). The van der Waals surface area contributed by atoms with Crippen molar-refractivity contribution >= 4 is 34.6 Å². The molecule has 0 spiro atoms. The number of fused-ring (bicyclic) bond motifs is 1. The molecular formula is C19H23NO6S. The Morgan fingerprint density at radius 1 is 1.30 bits per heavy atom. The van der Waals surface area contributed by atoms with Gasteiger partial charge in [0.15, 0.2) is 6.10 Å². The lowest BCUT2D eigenvalue weighted by molar-refractivity contribution is -0.146. The van der Waals surface area contributed by atoms with Crippen molar-refractivity contribution < 1.29 is 23.5 Å². The predicted octanol–water partition coefficient (Wildman–Crippen LogP) is 2.28. The Balaban J connectivity index is 2.09. The van der Waals surface area contributed by atoms with Gasteiger partial charge in [0.2, 0.25) is 0 Å². The van der Waals surface area contributed by atoms with Crippen LogP contribution < -0.4 is 15.7 Å². The topological polar surface area (TPSA) is 94.8 Å². The van der Waals surface area contributed by atoms with Crippen LogP contribution in [0.5, 0.6) is 5.75 Å². The van der Waals surface area contributed by atoms with E-state index in [1.807, 2.05) is 13.2 Å². The molecule has 7 nitrogen and oxygen atoms in total. The zero-order valence-corrected chi connectivity index (χ0v) is 16.6. The van der Waals surface area contributed by atoms with E-state index in [4.69, 9.17) is 13.9 Å². The number of carbonyl (C=O) groups excluding carboxylic acids is 2. The summed E-state index contributed by atoms with van der Waals surface area (Å²) in [7, 11) is 1.28. The highest BCUT2D eigenvalue weighted by atomic mass is 32.2. The number of thioether (sulfide) groups is 1. The zero-order valence-electron chi connectivity index (χ0n) is 15.7. The molecule has 1 aromatic carbocycles. The van der Waals surface area contributed by atoms with E-state index in [9.17, 15) is 14.4 Å². The van der Waals surface area contributed by atoms with E-state index in [-0.39, 0.29) is 0 Å². The predicted molar refractivity (Wildman–Crippen MR) is 104 cm³/mol. The highest BCUT2D eigenvalue weighted by molar-refractivity contribution is 7.98. The maximum absolute atomic E-state index is 12.4. The zero-order chi connectivity index (χ0) is 20.0. The van der Waals surface area contributed by atoms with Crippen LogP contribution in [0, 0.1) is 6.92 Å². The van der Waals surface area contributed by atoms with Crippen LogP contribution in [-0.4, -0.2) is 43.1 Å². The maximum Gasteiger partial charge on any atom is 0.336 e. The number of amides is 1. The van der Waals surface area contributed by atoms with Gasteiger partial charge < -0.3 is 19.2 Å². The number of rotatable bonds is 8. The summed E-state index contributed by atoms with van der Waals surface area (Å²) < 4.78 is 15.6. The van der Waals surface area contributed by atoms with E-state index in [1.165, 1.54) is 13.2 Å². The van der Waals surface area contributed by atoms with Crippen molar-refractivity contribution in [2.24, 2.45) is 0 Å². The molecule has 0 bridgehead atoms. The van der Waals surface area contributed by atoms with Crippen LogP contribution in [-0.2, 0) is 14.3 Å². The van der Waals surface area contributed by atoms with Gasteiger partial charge in [0.1, 0.15) is 17.4 Å². The van der Waals surface area contributed by atoms with Crippen molar-refractivity contribution in [2.75, 3.05) is 19.1 Å². The van der Waals surface area contributed by atoms with Gasteiger partial charge in [-0.15, -0.1) is 0 Å². The van der Waals surface area contributed by atoms with E-state index in [0.717, 1.165) is 10.9 Å². The monoisotopic (exact) mass is 393 g/mol. The molecule has 0 saturated heterocycles. The molecule has 27 heavy (non-hydrogen) atoms. The second kappa shape index (κ2) is 9.45. The Bertz CT molecular complexity index is 878. The molecule has 0 saturated carbocycles. The number of benzene rings is 1. The number of nitrogens with one attached hydrogen (secondary N) is 1. The highest BCUT2D eigenvalue weighted by Gasteiger charge is 2.24. The fraction of sp³-hybridized carbons (Fsp3) is 0.421. The lowest BCUT2D eigenvalue weighted by atomic mass is 10.1. The van der Waals surface area contributed by atoms with Gasteiger partial charge in [-0.05, 0) is 50.0 Å². The fourth-order valence-corrected chi connectivity index (χ4v) is 3.02. The molecule has 0 fully saturated rings. The van der Waals surface area contributed by atoms with Crippen LogP contribution in [0.15, 0.2) is 33.5 Å². The third-order valence-corrected chi connectivity index (χ3v) is 4.66. The van der Waals surface area contributed by atoms with Gasteiger partial charge in [0, 0.05) is 17.5 Å². The molecule has 2 atom stereocenters. The summed E-state index contributed by atoms with van der Waals surface area (Å²) in [4.78, 5) is 35.7. The molecule has 8 heteroatoms. The number of esters is 1. The Morgan fingerprint density at radius 2 is 2.04 bits per heavy atom. The van der Waals surface area contributed by atoms with Crippen molar-refractivity contribution in [3.8, 4) is 5.75 Å². The van der Waals surface area contributed by atoms with Crippen molar-refractivity contribution in [3.63, 3.8) is 0 Å². The van der Waals surface area contributed by atoms with Gasteiger partial charge in [-0.25, -0.2) is 9.59 Å². The number of aryl methyl sites for hydroxylation is 1. The third kappa shape index (κ3) is 5.50. The Hall–Kier alpha value is -2.48. The first-order valence-corrected chi connectivity index (χ1v) is 9.83. The summed E-state index contributed by atoms with van der Waals surface area (Å²) in [6.07, 6.45) is 1.54. The molecule has 1 N–H and O–H groups in total. The summed E-state index contributed by atoms with van der Waals surface area (Å²) in [6, 6.07) is 5.73. The lowest BCUT2D eigenvalue weighted by Crippen LogP contribution is -2.47. The second-order valence-electron chi connectivity index (χ2n) is 6.03. The molecule has 0 aliphatic heterocycles. The minimum absolute atomic E-state index is 0.387. The summed E-state index contributed by atoms with van der Waals surface area (Å²) in [5, 5.41) is 3.45. The quantitative estimate of drug-likeness (QED) is 0.543. The first-order valence-electron chi connectivity index (χ1n) is 8.44. The van der Waals surface area contributed by atoms with Crippen molar-refractivity contribution in [3.05, 3.63) is 40.2 Å². The van der Waals surface area contributed by atoms with E-state index >= 15 is 0 Å². The molecule has 2 aromatic rings. The van der Waals surface area contributed by atoms with Crippen LogP contribution in [0.4, 0.5) is 0 Å². The van der Waals surface area contributed by atoms with Gasteiger partial charge in [-0.1, -0.05) is 0 Å². The molecule has 1 amide bonds. The molecule has 0 aliphatic rings. The molecule has 0 aliphatic carbocycles. The SMILES string of the molecule is COC(=O)C(CCSC)NC(=O)C(C)Oc1ccc2c(C)cc(=O)oc2c1. The number of ether oxygens (including phenoxy) is 2. The molecule has 1 aromatic heterocycles. The van der Waals surface area contributed by atoms with Crippen LogP contribution in [0.3, 0.4) is 0 Å². The van der Waals surface area contributed by atoms with Gasteiger partial charge in [0.25, 0.3) is 5.91 Å². The van der Waals surface area contributed by atoms with Crippen molar-refractivity contribution in [2.45, 2.75) is 32.4 Å². The van der Waals surface area contributed by atoms with Crippen molar-refractivity contribution in [1.82, 2.24) is 5.32 Å². The normalized spacial score (nSPS) is 13.0. The van der Waals surface area contributed by atoms with E-state index < -0.39 is 29.6 Å². The highest BCUT2D eigenvalue weighted by Crippen LogP contribution is 2.23. The first kappa shape index (κ1) is 20.8. The summed E-state index contributed by atoms with van der Waals surface area (Å²) >= 11 is 1.57. The summed E-state index contributed by atoms with van der Waals surface area (Å²) in [5.41, 5.74) is 0.739. The molecule has 0 radical (unpaired) electrons. The van der Waals surface area contributed by atoms with Crippen LogP contribution >= 0.6 is 11.8 Å². The number of hydrogen-bond donors (Lipinski definition) is 1. The average Bonchev–Trinajstić information content (AvgIpc) is 2.63. The maximum atomic E-state index is 12.4. The largest absolute Gasteiger partial charge is 0.481 e. The fourth-order valence-electron chi connectivity index (χ4n) is 2.55. The average molecular weight is 393 g/mol. The molecular weight excluding hydrogens is 370 g/mol. The van der Waals surface area contributed by atoms with Gasteiger partial charge in [-0.2, -0.15) is 11.8 Å². The Morgan fingerprint density at radius 3 is 2.70 bits per heavy atom. The van der Waals surface area contributed by atoms with Crippen LogP contribution in [0.2, 0.25) is 0 Å². The molecule has 146 valence electrons. The first-order chi connectivity index (χ1) is 12.8. The Labute approximate surface area is 161 Å². The second-order valence-corrected chi connectivity index (χ2v) is 7.02.